The third-order valence-corrected chi connectivity index (χ3v) is 3.82. The normalized spacial score (nSPS) is 13.2. The Morgan fingerprint density at radius 1 is 0.714 bits per heavy atom. The molecule has 9 nitrogen and oxygen atoms in total. The topological polar surface area (TPSA) is 128 Å². The minimum absolute atomic E-state index is 0.113. The van der Waals surface area contributed by atoms with Crippen LogP contribution in [0, 0.1) is 11.8 Å². The van der Waals surface area contributed by atoms with Crippen molar-refractivity contribution in [3.63, 3.8) is 0 Å². The fourth-order valence-electron chi connectivity index (χ4n) is 2.12. The number of nitrogens with one attached hydrogen (secondary N) is 5. The molecule has 0 unspecified atom stereocenters. The van der Waals surface area contributed by atoms with Crippen molar-refractivity contribution in [2.45, 2.75) is 66.6 Å². The van der Waals surface area contributed by atoms with Crippen LogP contribution in [0.3, 0.4) is 0 Å². The highest BCUT2D eigenvalue weighted by Crippen LogP contribution is 2.02. The fourth-order valence-corrected chi connectivity index (χ4v) is 2.12. The van der Waals surface area contributed by atoms with Crippen molar-refractivity contribution in [2.24, 2.45) is 11.8 Å². The van der Waals surface area contributed by atoms with Gasteiger partial charge in [-0.15, -0.1) is 0 Å². The Hall–Kier alpha value is -2.16. The van der Waals surface area contributed by atoms with Crippen LogP contribution >= 0.6 is 0 Å². The van der Waals surface area contributed by atoms with Crippen molar-refractivity contribution in [3.05, 3.63) is 0 Å². The molecule has 0 heterocycles. The molecule has 0 saturated carbocycles. The van der Waals surface area contributed by atoms with Gasteiger partial charge in [-0.25, -0.2) is 0 Å². The Morgan fingerprint density at radius 2 is 1.32 bits per heavy atom. The molecule has 0 aromatic heterocycles. The average molecular weight is 400 g/mol. The molecule has 0 fully saturated rings. The van der Waals surface area contributed by atoms with Gasteiger partial charge in [-0.05, 0) is 18.8 Å². The Labute approximate surface area is 168 Å². The van der Waals surface area contributed by atoms with Crippen LogP contribution in [0.5, 0.6) is 0 Å². The molecular weight excluding hydrogens is 362 g/mol. The van der Waals surface area contributed by atoms with E-state index in [1.807, 2.05) is 27.7 Å². The van der Waals surface area contributed by atoms with Crippen molar-refractivity contribution in [2.75, 3.05) is 19.6 Å². The second-order valence-corrected chi connectivity index (χ2v) is 7.97. The van der Waals surface area contributed by atoms with E-state index in [1.165, 1.54) is 0 Å². The van der Waals surface area contributed by atoms with E-state index in [4.69, 9.17) is 0 Å². The predicted octanol–water partition coefficient (Wildman–Crippen LogP) is -0.482. The van der Waals surface area contributed by atoms with E-state index in [0.717, 1.165) is 0 Å². The number of carbonyl (C=O) groups is 4. The minimum Gasteiger partial charge on any atom is -0.354 e. The van der Waals surface area contributed by atoms with Crippen LogP contribution in [0.1, 0.15) is 48.5 Å². The van der Waals surface area contributed by atoms with E-state index >= 15 is 0 Å². The molecule has 0 aromatic rings. The highest BCUT2D eigenvalue weighted by molar-refractivity contribution is 5.93. The molecule has 0 aliphatic heterocycles. The monoisotopic (exact) mass is 399 g/mol. The van der Waals surface area contributed by atoms with E-state index in [1.54, 1.807) is 20.8 Å². The maximum absolute atomic E-state index is 12.5. The molecular formula is C19H37N5O4. The van der Waals surface area contributed by atoms with Crippen LogP contribution in [0.15, 0.2) is 0 Å². The summed E-state index contributed by atoms with van der Waals surface area (Å²) in [5, 5.41) is 13.4. The summed E-state index contributed by atoms with van der Waals surface area (Å²) >= 11 is 0. The summed E-state index contributed by atoms with van der Waals surface area (Å²) in [7, 11) is 0. The highest BCUT2D eigenvalue weighted by atomic mass is 16.2. The third-order valence-electron chi connectivity index (χ3n) is 3.82. The zero-order valence-corrected chi connectivity index (χ0v) is 18.1. The van der Waals surface area contributed by atoms with Crippen LogP contribution in [0.4, 0.5) is 0 Å². The smallest absolute Gasteiger partial charge is 0.243 e. The first-order valence-electron chi connectivity index (χ1n) is 9.81. The lowest BCUT2D eigenvalue weighted by Crippen LogP contribution is -2.56. The Balaban J connectivity index is 4.55. The summed E-state index contributed by atoms with van der Waals surface area (Å²) in [5.74, 6) is -1.37. The number of amides is 4. The summed E-state index contributed by atoms with van der Waals surface area (Å²) in [5.41, 5.74) is 0. The molecule has 0 bridgehead atoms. The molecule has 0 aliphatic rings. The number of rotatable bonds is 12. The number of carbonyl (C=O) groups excluding carboxylic acids is 4. The molecule has 162 valence electrons. The lowest BCUT2D eigenvalue weighted by Gasteiger charge is -2.24. The van der Waals surface area contributed by atoms with Gasteiger partial charge in [0.05, 0.1) is 13.1 Å². The van der Waals surface area contributed by atoms with Crippen LogP contribution in [0.25, 0.3) is 0 Å². The summed E-state index contributed by atoms with van der Waals surface area (Å²) in [6.45, 7) is 13.4. The van der Waals surface area contributed by atoms with E-state index in [0.29, 0.717) is 12.5 Å². The van der Waals surface area contributed by atoms with Crippen molar-refractivity contribution < 1.29 is 19.2 Å². The Bertz CT molecular complexity index is 534. The van der Waals surface area contributed by atoms with Gasteiger partial charge in [0.1, 0.15) is 12.1 Å². The molecule has 28 heavy (non-hydrogen) atoms. The lowest BCUT2D eigenvalue weighted by atomic mass is 10.0. The third kappa shape index (κ3) is 11.5. The highest BCUT2D eigenvalue weighted by Gasteiger charge is 2.27. The van der Waals surface area contributed by atoms with Crippen LogP contribution in [0.2, 0.25) is 0 Å². The molecule has 0 radical (unpaired) electrons. The van der Waals surface area contributed by atoms with Crippen molar-refractivity contribution in [3.8, 4) is 0 Å². The molecule has 4 amide bonds. The van der Waals surface area contributed by atoms with E-state index in [-0.39, 0.29) is 36.9 Å². The SMILES string of the molecule is CC(C)CNC(=O)[C@H](C)NC(=O)[C@@H](NC(=O)CNC(=O)CNC(C)C)C(C)C. The summed E-state index contributed by atoms with van der Waals surface area (Å²) in [6.07, 6.45) is 0. The largest absolute Gasteiger partial charge is 0.354 e. The van der Waals surface area contributed by atoms with Crippen LogP contribution in [-0.4, -0.2) is 61.4 Å². The number of hydrogen-bond donors (Lipinski definition) is 5. The fraction of sp³-hybridized carbons (Fsp3) is 0.789. The number of hydrogen-bond acceptors (Lipinski definition) is 5. The summed E-state index contributed by atoms with van der Waals surface area (Å²) in [6, 6.07) is -1.36. The van der Waals surface area contributed by atoms with E-state index in [9.17, 15) is 19.2 Å². The Morgan fingerprint density at radius 3 is 1.82 bits per heavy atom. The summed E-state index contributed by atoms with van der Waals surface area (Å²) < 4.78 is 0. The van der Waals surface area contributed by atoms with Gasteiger partial charge in [-0.3, -0.25) is 19.2 Å². The molecule has 0 saturated heterocycles. The summed E-state index contributed by atoms with van der Waals surface area (Å²) in [4.78, 5) is 48.3. The maximum Gasteiger partial charge on any atom is 0.243 e. The molecule has 9 heteroatoms. The molecule has 0 aliphatic carbocycles. The first-order chi connectivity index (χ1) is 12.9. The van der Waals surface area contributed by atoms with Gasteiger partial charge in [0.15, 0.2) is 0 Å². The zero-order valence-electron chi connectivity index (χ0n) is 18.1. The van der Waals surface area contributed by atoms with E-state index in [2.05, 4.69) is 26.6 Å². The minimum atomic E-state index is -0.807. The molecule has 0 aromatic carbocycles. The van der Waals surface area contributed by atoms with Crippen LogP contribution in [-0.2, 0) is 19.2 Å². The molecule has 2 atom stereocenters. The van der Waals surface area contributed by atoms with E-state index < -0.39 is 23.9 Å². The average Bonchev–Trinajstić information content (AvgIpc) is 2.59. The molecule has 5 N–H and O–H groups in total. The predicted molar refractivity (Wildman–Crippen MR) is 108 cm³/mol. The van der Waals surface area contributed by atoms with Crippen molar-refractivity contribution in [1.29, 1.82) is 0 Å². The second kappa shape index (κ2) is 13.1. The standard InChI is InChI=1S/C19H37N5O4/c1-11(2)8-22-18(27)14(7)23-19(28)17(12(3)4)24-16(26)10-21-15(25)9-20-13(5)6/h11-14,17,20H,8-10H2,1-7H3,(H,21,25)(H,22,27)(H,23,28)(H,24,26)/t14-,17-/m0/s1. The van der Waals surface area contributed by atoms with Gasteiger partial charge in [-0.1, -0.05) is 41.5 Å². The van der Waals surface area contributed by atoms with Gasteiger partial charge in [-0.2, -0.15) is 0 Å². The quantitative estimate of drug-likeness (QED) is 0.303. The molecule has 0 rings (SSSR count). The Kier molecular flexibility index (Phi) is 12.1. The first kappa shape index (κ1) is 25.8. The first-order valence-corrected chi connectivity index (χ1v) is 9.81. The van der Waals surface area contributed by atoms with Gasteiger partial charge < -0.3 is 26.6 Å². The van der Waals surface area contributed by atoms with Gasteiger partial charge in [0.2, 0.25) is 23.6 Å². The van der Waals surface area contributed by atoms with Gasteiger partial charge in [0.25, 0.3) is 0 Å². The van der Waals surface area contributed by atoms with Gasteiger partial charge in [0, 0.05) is 12.6 Å². The van der Waals surface area contributed by atoms with Gasteiger partial charge >= 0.3 is 0 Å². The maximum atomic E-state index is 12.5. The zero-order chi connectivity index (χ0) is 21.9. The molecule has 0 spiro atoms. The second-order valence-electron chi connectivity index (χ2n) is 7.97. The van der Waals surface area contributed by atoms with Crippen LogP contribution < -0.4 is 26.6 Å². The lowest BCUT2D eigenvalue weighted by molar-refractivity contribution is -0.133. The van der Waals surface area contributed by atoms with Crippen molar-refractivity contribution >= 4 is 23.6 Å². The van der Waals surface area contributed by atoms with Crippen molar-refractivity contribution in [1.82, 2.24) is 26.6 Å².